The molecule has 2 saturated heterocycles. The van der Waals surface area contributed by atoms with Gasteiger partial charge in [0.25, 0.3) is 0 Å². The van der Waals surface area contributed by atoms with Gasteiger partial charge in [-0.3, -0.25) is 0 Å². The minimum Gasteiger partial charge on any atom is -0.381 e. The Bertz CT molecular complexity index is 156. The Morgan fingerprint density at radius 1 is 1.23 bits per heavy atom. The predicted octanol–water partition coefficient (Wildman–Crippen LogP) is 2.36. The molecule has 0 aromatic carbocycles. The summed E-state index contributed by atoms with van der Waals surface area (Å²) >= 11 is 3.47. The third-order valence-corrected chi connectivity index (χ3v) is 4.07. The number of ether oxygens (including phenoxy) is 2. The van der Waals surface area contributed by atoms with Crippen LogP contribution in [0.5, 0.6) is 0 Å². The molecule has 0 radical (unpaired) electrons. The molecule has 2 heterocycles. The van der Waals surface area contributed by atoms with Crippen molar-refractivity contribution >= 4 is 15.9 Å². The van der Waals surface area contributed by atoms with Crippen molar-refractivity contribution in [3.8, 4) is 0 Å². The highest BCUT2D eigenvalue weighted by molar-refractivity contribution is 9.09. The zero-order valence-corrected chi connectivity index (χ0v) is 9.51. The van der Waals surface area contributed by atoms with E-state index in [-0.39, 0.29) is 0 Å². The van der Waals surface area contributed by atoms with Crippen molar-refractivity contribution < 1.29 is 9.47 Å². The molecular formula is C10H17BrO2. The summed E-state index contributed by atoms with van der Waals surface area (Å²) in [4.78, 5) is 0. The van der Waals surface area contributed by atoms with Gasteiger partial charge in [0.1, 0.15) is 0 Å². The number of rotatable bonds is 1. The van der Waals surface area contributed by atoms with Gasteiger partial charge in [-0.15, -0.1) is 0 Å². The summed E-state index contributed by atoms with van der Waals surface area (Å²) in [7, 11) is 0. The van der Waals surface area contributed by atoms with Crippen molar-refractivity contribution in [1.82, 2.24) is 0 Å². The molecule has 2 rings (SSSR count). The van der Waals surface area contributed by atoms with E-state index in [1.54, 1.807) is 0 Å². The molecule has 0 aromatic rings. The maximum Gasteiger partial charge on any atom is 0.0672 e. The van der Waals surface area contributed by atoms with E-state index in [0.29, 0.717) is 11.5 Å². The SMILES string of the molecule is BrCC1CCC2(CCOCC2)CO1. The van der Waals surface area contributed by atoms with Crippen LogP contribution in [-0.2, 0) is 9.47 Å². The van der Waals surface area contributed by atoms with Crippen LogP contribution in [0.4, 0.5) is 0 Å². The normalized spacial score (nSPS) is 33.5. The monoisotopic (exact) mass is 248 g/mol. The summed E-state index contributed by atoms with van der Waals surface area (Å²) in [6.07, 6.45) is 5.38. The molecule has 0 bridgehead atoms. The Labute approximate surface area is 88.1 Å². The Balaban J connectivity index is 1.87. The first-order valence-corrected chi connectivity index (χ1v) is 6.22. The number of hydrogen-bond donors (Lipinski definition) is 0. The van der Waals surface area contributed by atoms with Crippen LogP contribution in [0.15, 0.2) is 0 Å². The first-order chi connectivity index (χ1) is 6.35. The molecule has 2 aliphatic heterocycles. The van der Waals surface area contributed by atoms with E-state index in [2.05, 4.69) is 15.9 Å². The maximum absolute atomic E-state index is 5.82. The van der Waals surface area contributed by atoms with Crippen LogP contribution < -0.4 is 0 Å². The van der Waals surface area contributed by atoms with Crippen LogP contribution in [0.3, 0.4) is 0 Å². The molecule has 2 fully saturated rings. The molecule has 0 amide bonds. The zero-order chi connectivity index (χ0) is 9.15. The Morgan fingerprint density at radius 3 is 2.54 bits per heavy atom. The largest absolute Gasteiger partial charge is 0.381 e. The third kappa shape index (κ3) is 2.25. The van der Waals surface area contributed by atoms with Gasteiger partial charge >= 0.3 is 0 Å². The summed E-state index contributed by atoms with van der Waals surface area (Å²) in [6, 6.07) is 0. The minimum absolute atomic E-state index is 0.452. The van der Waals surface area contributed by atoms with E-state index in [1.807, 2.05) is 0 Å². The van der Waals surface area contributed by atoms with Crippen LogP contribution in [0, 0.1) is 5.41 Å². The lowest BCUT2D eigenvalue weighted by molar-refractivity contribution is -0.0976. The lowest BCUT2D eigenvalue weighted by atomic mass is 9.75. The molecule has 3 heteroatoms. The molecule has 1 unspecified atom stereocenters. The molecule has 76 valence electrons. The van der Waals surface area contributed by atoms with Crippen LogP contribution in [0.2, 0.25) is 0 Å². The standard InChI is InChI=1S/C10H17BrO2/c11-7-9-1-2-10(8-13-9)3-5-12-6-4-10/h9H,1-8H2. The molecule has 1 spiro atoms. The summed E-state index contributed by atoms with van der Waals surface area (Å²) in [6.45, 7) is 2.82. The van der Waals surface area contributed by atoms with Crippen LogP contribution in [0.1, 0.15) is 25.7 Å². The van der Waals surface area contributed by atoms with Crippen LogP contribution >= 0.6 is 15.9 Å². The van der Waals surface area contributed by atoms with Crippen molar-refractivity contribution in [2.24, 2.45) is 5.41 Å². The summed E-state index contributed by atoms with van der Waals surface area (Å²) in [5.41, 5.74) is 0.469. The lowest BCUT2D eigenvalue weighted by Crippen LogP contribution is -2.40. The van der Waals surface area contributed by atoms with Gasteiger partial charge in [-0.25, -0.2) is 0 Å². The Kier molecular flexibility index (Phi) is 3.27. The van der Waals surface area contributed by atoms with Crippen molar-refractivity contribution in [1.29, 1.82) is 0 Å². The number of hydrogen-bond acceptors (Lipinski definition) is 2. The van der Waals surface area contributed by atoms with Crippen molar-refractivity contribution in [3.63, 3.8) is 0 Å². The molecule has 0 saturated carbocycles. The lowest BCUT2D eigenvalue weighted by Gasteiger charge is -2.42. The third-order valence-electron chi connectivity index (χ3n) is 3.35. The first kappa shape index (κ1) is 9.94. The van der Waals surface area contributed by atoms with Gasteiger partial charge in [0, 0.05) is 18.5 Å². The average Bonchev–Trinajstić information content (AvgIpc) is 2.20. The average molecular weight is 249 g/mol. The second-order valence-electron chi connectivity index (χ2n) is 4.24. The highest BCUT2D eigenvalue weighted by atomic mass is 79.9. The quantitative estimate of drug-likeness (QED) is 0.664. The molecule has 0 aromatic heterocycles. The highest BCUT2D eigenvalue weighted by Gasteiger charge is 2.37. The van der Waals surface area contributed by atoms with Gasteiger partial charge in [-0.05, 0) is 31.1 Å². The first-order valence-electron chi connectivity index (χ1n) is 5.10. The number of halogens is 1. The van der Waals surface area contributed by atoms with Crippen LogP contribution in [0.25, 0.3) is 0 Å². The fraction of sp³-hybridized carbons (Fsp3) is 1.00. The molecule has 2 aliphatic rings. The predicted molar refractivity (Wildman–Crippen MR) is 55.3 cm³/mol. The van der Waals surface area contributed by atoms with Gasteiger partial charge in [0.2, 0.25) is 0 Å². The fourth-order valence-corrected chi connectivity index (χ4v) is 2.75. The van der Waals surface area contributed by atoms with E-state index < -0.39 is 0 Å². The van der Waals surface area contributed by atoms with Crippen molar-refractivity contribution in [3.05, 3.63) is 0 Å². The topological polar surface area (TPSA) is 18.5 Å². The molecule has 0 aliphatic carbocycles. The van der Waals surface area contributed by atoms with Gasteiger partial charge < -0.3 is 9.47 Å². The zero-order valence-electron chi connectivity index (χ0n) is 7.93. The van der Waals surface area contributed by atoms with Gasteiger partial charge in [0.15, 0.2) is 0 Å². The Morgan fingerprint density at radius 2 is 2.00 bits per heavy atom. The van der Waals surface area contributed by atoms with E-state index in [4.69, 9.17) is 9.47 Å². The van der Waals surface area contributed by atoms with E-state index in [9.17, 15) is 0 Å². The van der Waals surface area contributed by atoms with Crippen LogP contribution in [-0.4, -0.2) is 31.3 Å². The molecular weight excluding hydrogens is 232 g/mol. The summed E-state index contributed by atoms with van der Waals surface area (Å²) < 4.78 is 11.2. The van der Waals surface area contributed by atoms with Gasteiger partial charge in [0.05, 0.1) is 12.7 Å². The summed E-state index contributed by atoms with van der Waals surface area (Å²) in [5, 5.41) is 0.986. The number of alkyl halides is 1. The van der Waals surface area contributed by atoms with Gasteiger partial charge in [-0.2, -0.15) is 0 Å². The second-order valence-corrected chi connectivity index (χ2v) is 4.89. The molecule has 1 atom stereocenters. The van der Waals surface area contributed by atoms with E-state index >= 15 is 0 Å². The van der Waals surface area contributed by atoms with Crippen molar-refractivity contribution in [2.75, 3.05) is 25.2 Å². The fourth-order valence-electron chi connectivity index (χ4n) is 2.24. The Hall–Kier alpha value is 0.400. The molecule has 13 heavy (non-hydrogen) atoms. The molecule has 2 nitrogen and oxygen atoms in total. The second kappa shape index (κ2) is 4.28. The van der Waals surface area contributed by atoms with E-state index in [0.717, 1.165) is 25.2 Å². The maximum atomic E-state index is 5.82. The molecule has 0 N–H and O–H groups in total. The van der Waals surface area contributed by atoms with Crippen molar-refractivity contribution in [2.45, 2.75) is 31.8 Å². The minimum atomic E-state index is 0.452. The van der Waals surface area contributed by atoms with E-state index in [1.165, 1.54) is 25.7 Å². The van der Waals surface area contributed by atoms with Gasteiger partial charge in [-0.1, -0.05) is 15.9 Å². The summed E-state index contributed by atoms with van der Waals surface area (Å²) in [5.74, 6) is 0. The highest BCUT2D eigenvalue weighted by Crippen LogP contribution is 2.39. The smallest absolute Gasteiger partial charge is 0.0672 e.